The molecule has 2 fully saturated rings. The van der Waals surface area contributed by atoms with E-state index in [0.717, 1.165) is 36.8 Å². The van der Waals surface area contributed by atoms with Crippen molar-refractivity contribution in [3.05, 3.63) is 57.8 Å². The number of ketones is 1. The lowest BCUT2D eigenvalue weighted by Gasteiger charge is -2.50. The Bertz CT molecular complexity index is 1100. The van der Waals surface area contributed by atoms with Gasteiger partial charge in [-0.25, -0.2) is 4.74 Å². The number of hydroxylamine groups is 1. The number of allylic oxidation sites excluding steroid dienone is 4. The minimum absolute atomic E-state index is 0.177. The second-order valence-electron chi connectivity index (χ2n) is 11.5. The fraction of sp³-hybridized carbons (Fsp3) is 0.586. The minimum atomic E-state index is -0.777. The highest BCUT2D eigenvalue weighted by Crippen LogP contribution is 2.65. The van der Waals surface area contributed by atoms with Gasteiger partial charge in [-0.05, 0) is 85.6 Å². The fourth-order valence-electron chi connectivity index (χ4n) is 8.40. The zero-order valence-corrected chi connectivity index (χ0v) is 20.3. The van der Waals surface area contributed by atoms with Gasteiger partial charge in [0.2, 0.25) is 11.3 Å². The average Bonchev–Trinajstić information content (AvgIpc) is 3.31. The first-order valence-electron chi connectivity index (χ1n) is 12.9. The van der Waals surface area contributed by atoms with Gasteiger partial charge in [-0.1, -0.05) is 30.7 Å². The van der Waals surface area contributed by atoms with E-state index in [9.17, 15) is 10.0 Å². The Hall–Kier alpha value is -2.36. The van der Waals surface area contributed by atoms with Crippen LogP contribution in [0.2, 0.25) is 0 Å². The van der Waals surface area contributed by atoms with Gasteiger partial charge in [0.25, 0.3) is 0 Å². The Morgan fingerprint density at radius 1 is 1.03 bits per heavy atom. The molecule has 0 bridgehead atoms. The van der Waals surface area contributed by atoms with Crippen LogP contribution < -0.4 is 4.90 Å². The summed E-state index contributed by atoms with van der Waals surface area (Å²) in [5, 5.41) is 12.9. The van der Waals surface area contributed by atoms with Crippen molar-refractivity contribution in [2.45, 2.75) is 76.2 Å². The molecule has 0 saturated heterocycles. The number of carbonyl (C=O) groups excluding carboxylic acids is 1. The van der Waals surface area contributed by atoms with Crippen molar-refractivity contribution in [1.29, 1.82) is 0 Å². The smallest absolute Gasteiger partial charge is 0.236 e. The summed E-state index contributed by atoms with van der Waals surface area (Å²) in [4.78, 5) is 15.1. The molecule has 4 heteroatoms. The SMILES string of the molecule is CN(C)c1ccc(C2C=C3CC[C@@H]4C(=C3CC2)CC[C@@]2(C)[C@H]4CCC23C(=O)CC=[N+]3[O-])cc1. The third kappa shape index (κ3) is 2.82. The van der Waals surface area contributed by atoms with Gasteiger partial charge >= 0.3 is 0 Å². The number of hydrogen-bond acceptors (Lipinski definition) is 3. The van der Waals surface area contributed by atoms with Gasteiger partial charge in [-0.3, -0.25) is 4.79 Å². The third-order valence-corrected chi connectivity index (χ3v) is 10.2. The summed E-state index contributed by atoms with van der Waals surface area (Å²) in [7, 11) is 4.18. The van der Waals surface area contributed by atoms with Gasteiger partial charge < -0.3 is 10.1 Å². The molecule has 0 radical (unpaired) electrons. The minimum Gasteiger partial charge on any atom is -0.623 e. The molecule has 33 heavy (non-hydrogen) atoms. The van der Waals surface area contributed by atoms with Gasteiger partial charge in [0.05, 0.1) is 6.42 Å². The second kappa shape index (κ2) is 7.32. The summed E-state index contributed by atoms with van der Waals surface area (Å²) >= 11 is 0. The van der Waals surface area contributed by atoms with Crippen molar-refractivity contribution < 1.29 is 9.53 Å². The maximum Gasteiger partial charge on any atom is 0.236 e. The lowest BCUT2D eigenvalue weighted by molar-refractivity contribution is -0.542. The fourth-order valence-corrected chi connectivity index (χ4v) is 8.40. The molecule has 1 heterocycles. The van der Waals surface area contributed by atoms with Crippen LogP contribution >= 0.6 is 0 Å². The predicted octanol–water partition coefficient (Wildman–Crippen LogP) is 5.77. The molecular formula is C29H36N2O2. The number of anilines is 1. The molecule has 4 aliphatic carbocycles. The van der Waals surface area contributed by atoms with Crippen molar-refractivity contribution in [1.82, 2.24) is 0 Å². The zero-order chi connectivity index (χ0) is 23.0. The third-order valence-electron chi connectivity index (χ3n) is 10.2. The van der Waals surface area contributed by atoms with Gasteiger partial charge in [0, 0.05) is 37.5 Å². The zero-order valence-electron chi connectivity index (χ0n) is 20.3. The highest BCUT2D eigenvalue weighted by molar-refractivity contribution is 6.00. The number of carbonyl (C=O) groups is 1. The first-order valence-corrected chi connectivity index (χ1v) is 12.9. The summed E-state index contributed by atoms with van der Waals surface area (Å²) in [6.07, 6.45) is 13.0. The molecule has 174 valence electrons. The molecule has 1 aliphatic heterocycles. The second-order valence-corrected chi connectivity index (χ2v) is 11.5. The van der Waals surface area contributed by atoms with Gasteiger partial charge in [-0.2, -0.15) is 0 Å². The van der Waals surface area contributed by atoms with Crippen LogP contribution in [0.5, 0.6) is 0 Å². The number of nitrogens with zero attached hydrogens (tertiary/aromatic N) is 2. The Balaban J connectivity index is 1.30. The van der Waals surface area contributed by atoms with Crippen LogP contribution in [-0.2, 0) is 4.79 Å². The van der Waals surface area contributed by atoms with Crippen molar-refractivity contribution >= 4 is 17.7 Å². The molecule has 2 unspecified atom stereocenters. The van der Waals surface area contributed by atoms with E-state index in [4.69, 9.17) is 0 Å². The Morgan fingerprint density at radius 3 is 2.52 bits per heavy atom. The van der Waals surface area contributed by atoms with Crippen LogP contribution in [-0.4, -0.2) is 36.4 Å². The van der Waals surface area contributed by atoms with E-state index in [1.807, 2.05) is 0 Å². The van der Waals surface area contributed by atoms with Crippen molar-refractivity contribution in [3.63, 3.8) is 0 Å². The molecule has 0 N–H and O–H groups in total. The summed E-state index contributed by atoms with van der Waals surface area (Å²) in [5.74, 6) is 1.73. The molecule has 1 aromatic carbocycles. The molecule has 1 spiro atoms. The molecule has 5 aliphatic rings. The van der Waals surface area contributed by atoms with E-state index < -0.39 is 5.54 Å². The molecular weight excluding hydrogens is 408 g/mol. The van der Waals surface area contributed by atoms with Crippen LogP contribution in [0.4, 0.5) is 5.69 Å². The van der Waals surface area contributed by atoms with E-state index in [1.165, 1.54) is 30.5 Å². The quantitative estimate of drug-likeness (QED) is 0.430. The lowest BCUT2D eigenvalue weighted by atomic mass is 9.53. The van der Waals surface area contributed by atoms with Gasteiger partial charge in [0.15, 0.2) is 6.21 Å². The number of benzene rings is 1. The van der Waals surface area contributed by atoms with Crippen molar-refractivity contribution in [3.8, 4) is 0 Å². The van der Waals surface area contributed by atoms with Crippen molar-refractivity contribution in [2.24, 2.45) is 17.3 Å². The largest absolute Gasteiger partial charge is 0.623 e. The Kier molecular flexibility index (Phi) is 4.70. The van der Waals surface area contributed by atoms with E-state index in [1.54, 1.807) is 22.9 Å². The standard InChI is InChI=1S/C29H36N2O2/c1-28-15-12-24-23-10-6-20(19-4-8-22(9-5-19)30(2)3)18-21(23)7-11-25(24)26(28)13-16-29(28)27(32)14-17-31(29)33/h4-5,8-9,17-18,20,25-26H,6-7,10-16H2,1-3H3/t20?,25-,26+,28+,29?/m1/s1. The average molecular weight is 445 g/mol. The maximum absolute atomic E-state index is 13.0. The molecule has 1 aromatic rings. The summed E-state index contributed by atoms with van der Waals surface area (Å²) in [5.41, 5.74) is 6.63. The normalized spacial score (nSPS) is 37.4. The van der Waals surface area contributed by atoms with E-state index >= 15 is 0 Å². The molecule has 0 amide bonds. The van der Waals surface area contributed by atoms with Crippen LogP contribution in [0.1, 0.15) is 76.2 Å². The van der Waals surface area contributed by atoms with Crippen LogP contribution in [0.15, 0.2) is 47.1 Å². The highest BCUT2D eigenvalue weighted by atomic mass is 16.5. The van der Waals surface area contributed by atoms with E-state index in [-0.39, 0.29) is 11.2 Å². The van der Waals surface area contributed by atoms with E-state index in [0.29, 0.717) is 24.2 Å². The number of fused-ring (bicyclic) bond motifs is 5. The first-order chi connectivity index (χ1) is 15.8. The predicted molar refractivity (Wildman–Crippen MR) is 133 cm³/mol. The number of hydrogen-bond donors (Lipinski definition) is 0. The van der Waals surface area contributed by atoms with Crippen LogP contribution in [0, 0.1) is 22.5 Å². The monoisotopic (exact) mass is 444 g/mol. The van der Waals surface area contributed by atoms with Crippen molar-refractivity contribution in [2.75, 3.05) is 19.0 Å². The topological polar surface area (TPSA) is 46.4 Å². The maximum atomic E-state index is 13.0. The number of Topliss-reactive ketones (excluding diaryl/α,β-unsaturated/α-hetero) is 1. The Labute approximate surface area is 197 Å². The molecule has 6 rings (SSSR count). The lowest BCUT2D eigenvalue weighted by Crippen LogP contribution is -2.57. The summed E-state index contributed by atoms with van der Waals surface area (Å²) in [6, 6.07) is 9.07. The molecule has 5 atom stereocenters. The van der Waals surface area contributed by atoms with Crippen LogP contribution in [0.3, 0.4) is 0 Å². The summed E-state index contributed by atoms with van der Waals surface area (Å²) < 4.78 is 1.08. The van der Waals surface area contributed by atoms with Crippen LogP contribution in [0.25, 0.3) is 0 Å². The Morgan fingerprint density at radius 2 is 1.82 bits per heavy atom. The first kappa shape index (κ1) is 21.2. The highest BCUT2D eigenvalue weighted by Gasteiger charge is 2.71. The molecule has 0 aromatic heterocycles. The van der Waals surface area contributed by atoms with Gasteiger partial charge in [-0.15, -0.1) is 0 Å². The molecule has 4 nitrogen and oxygen atoms in total. The summed E-state index contributed by atoms with van der Waals surface area (Å²) in [6.45, 7) is 2.27. The number of rotatable bonds is 2. The molecule has 2 saturated carbocycles. The van der Waals surface area contributed by atoms with Gasteiger partial charge in [0.1, 0.15) is 0 Å². The van der Waals surface area contributed by atoms with E-state index in [2.05, 4.69) is 56.3 Å².